The quantitative estimate of drug-likeness (QED) is 0.761. The first kappa shape index (κ1) is 19.5. The normalized spacial score (nSPS) is 19.9. The van der Waals surface area contributed by atoms with Gasteiger partial charge in [0.15, 0.2) is 5.13 Å². The number of hydrogen-bond acceptors (Lipinski definition) is 5. The highest BCUT2D eigenvalue weighted by Crippen LogP contribution is 2.26. The van der Waals surface area contributed by atoms with E-state index in [-0.39, 0.29) is 18.4 Å². The lowest BCUT2D eigenvalue weighted by Gasteiger charge is -2.13. The minimum Gasteiger partial charge on any atom is -0.481 e. The first-order valence-corrected chi connectivity index (χ1v) is 10.1. The number of likely N-dealkylation sites (tertiary alicyclic amines) is 1. The van der Waals surface area contributed by atoms with Crippen LogP contribution in [-0.2, 0) is 16.0 Å². The van der Waals surface area contributed by atoms with Crippen LogP contribution in [0.1, 0.15) is 25.8 Å². The molecule has 0 aliphatic carbocycles. The number of carboxylic acids is 1. The molecule has 1 aromatic carbocycles. The molecule has 0 unspecified atom stereocenters. The van der Waals surface area contributed by atoms with Crippen LogP contribution in [-0.4, -0.2) is 46.5 Å². The topological polar surface area (TPSA) is 82.5 Å². The fraction of sp³-hybridized carbons (Fsp3) is 0.450. The van der Waals surface area contributed by atoms with Crippen molar-refractivity contribution in [1.82, 2.24) is 9.88 Å². The summed E-state index contributed by atoms with van der Waals surface area (Å²) in [5, 5.41) is 14.5. The lowest BCUT2D eigenvalue weighted by atomic mass is 9.99. The number of carbonyl (C=O) groups is 2. The van der Waals surface area contributed by atoms with Gasteiger partial charge in [0.2, 0.25) is 5.91 Å². The molecule has 2 heterocycles. The van der Waals surface area contributed by atoms with Gasteiger partial charge < -0.3 is 10.4 Å². The van der Waals surface area contributed by atoms with Crippen molar-refractivity contribution >= 4 is 28.3 Å². The van der Waals surface area contributed by atoms with E-state index in [9.17, 15) is 14.7 Å². The molecule has 1 saturated heterocycles. The summed E-state index contributed by atoms with van der Waals surface area (Å²) in [5.74, 6) is -1.30. The van der Waals surface area contributed by atoms with Gasteiger partial charge in [-0.1, -0.05) is 44.5 Å². The molecule has 1 aliphatic rings. The highest BCUT2D eigenvalue weighted by Gasteiger charge is 2.35. The minimum atomic E-state index is -0.792. The summed E-state index contributed by atoms with van der Waals surface area (Å²) in [4.78, 5) is 29.9. The van der Waals surface area contributed by atoms with Gasteiger partial charge in [-0.15, -0.1) is 11.3 Å². The standard InChI is InChI=1S/C20H25N3O3S/c1-3-4-14-5-7-15(8-6-14)17-12-27-20(21-17)22-18(24)11-23-9-13(2)16(10-23)19(25)26/h5-8,12-13,16H,3-4,9-11H2,1-2H3,(H,25,26)(H,21,22,24)/t13-,16-/m1/s1. The lowest BCUT2D eigenvalue weighted by molar-refractivity contribution is -0.142. The van der Waals surface area contributed by atoms with Crippen LogP contribution in [0.4, 0.5) is 5.13 Å². The molecule has 6 nitrogen and oxygen atoms in total. The van der Waals surface area contributed by atoms with E-state index in [1.54, 1.807) is 0 Å². The number of anilines is 1. The van der Waals surface area contributed by atoms with E-state index in [0.29, 0.717) is 18.2 Å². The minimum absolute atomic E-state index is 0.0532. The van der Waals surface area contributed by atoms with Gasteiger partial charge in [0.05, 0.1) is 18.2 Å². The number of amides is 1. The van der Waals surface area contributed by atoms with Gasteiger partial charge in [-0.2, -0.15) is 0 Å². The first-order valence-electron chi connectivity index (χ1n) is 9.26. The Bertz CT molecular complexity index is 803. The highest BCUT2D eigenvalue weighted by molar-refractivity contribution is 7.14. The Balaban J connectivity index is 1.56. The zero-order valence-electron chi connectivity index (χ0n) is 15.6. The number of aromatic nitrogens is 1. The Kier molecular flexibility index (Phi) is 6.23. The largest absolute Gasteiger partial charge is 0.481 e. The molecule has 3 rings (SSSR count). The Morgan fingerprint density at radius 2 is 2.04 bits per heavy atom. The molecule has 27 heavy (non-hydrogen) atoms. The number of aryl methyl sites for hydroxylation is 1. The van der Waals surface area contributed by atoms with Gasteiger partial charge in [0.25, 0.3) is 0 Å². The third kappa shape index (κ3) is 4.93. The number of rotatable bonds is 7. The molecular formula is C20H25N3O3S. The Morgan fingerprint density at radius 1 is 1.30 bits per heavy atom. The summed E-state index contributed by atoms with van der Waals surface area (Å²) < 4.78 is 0. The van der Waals surface area contributed by atoms with E-state index in [1.807, 2.05) is 17.2 Å². The van der Waals surface area contributed by atoms with Crippen LogP contribution in [0, 0.1) is 11.8 Å². The third-order valence-electron chi connectivity index (χ3n) is 4.91. The molecule has 2 N–H and O–H groups in total. The number of aliphatic carboxylic acids is 1. The summed E-state index contributed by atoms with van der Waals surface area (Å²) in [7, 11) is 0. The van der Waals surface area contributed by atoms with E-state index < -0.39 is 11.9 Å². The van der Waals surface area contributed by atoms with Crippen LogP contribution < -0.4 is 5.32 Å². The van der Waals surface area contributed by atoms with Gasteiger partial charge in [-0.05, 0) is 17.9 Å². The van der Waals surface area contributed by atoms with Gasteiger partial charge in [0.1, 0.15) is 0 Å². The second kappa shape index (κ2) is 8.63. The molecule has 0 spiro atoms. The van der Waals surface area contributed by atoms with E-state index in [1.165, 1.54) is 16.9 Å². The summed E-state index contributed by atoms with van der Waals surface area (Å²) in [6.45, 7) is 5.30. The number of carbonyl (C=O) groups excluding carboxylic acids is 1. The number of carboxylic acid groups (broad SMARTS) is 1. The number of nitrogens with zero attached hydrogens (tertiary/aromatic N) is 2. The fourth-order valence-corrected chi connectivity index (χ4v) is 4.21. The van der Waals surface area contributed by atoms with Crippen LogP contribution >= 0.6 is 11.3 Å². The molecule has 2 aromatic rings. The molecule has 144 valence electrons. The van der Waals surface area contributed by atoms with Crippen molar-refractivity contribution in [3.8, 4) is 11.3 Å². The van der Waals surface area contributed by atoms with E-state index in [4.69, 9.17) is 0 Å². The molecule has 7 heteroatoms. The number of benzene rings is 1. The maximum atomic E-state index is 12.3. The zero-order chi connectivity index (χ0) is 19.4. The predicted molar refractivity (Wildman–Crippen MR) is 107 cm³/mol. The van der Waals surface area contributed by atoms with Crippen molar-refractivity contribution < 1.29 is 14.7 Å². The van der Waals surface area contributed by atoms with Crippen molar-refractivity contribution in [3.05, 3.63) is 35.2 Å². The van der Waals surface area contributed by atoms with Crippen LogP contribution in [0.5, 0.6) is 0 Å². The Labute approximate surface area is 163 Å². The van der Waals surface area contributed by atoms with E-state index in [2.05, 4.69) is 41.5 Å². The maximum Gasteiger partial charge on any atom is 0.308 e. The van der Waals surface area contributed by atoms with Crippen molar-refractivity contribution in [1.29, 1.82) is 0 Å². The molecule has 1 amide bonds. The van der Waals surface area contributed by atoms with Crippen LogP contribution in [0.15, 0.2) is 29.6 Å². The molecular weight excluding hydrogens is 362 g/mol. The second-order valence-corrected chi connectivity index (χ2v) is 8.01. The lowest BCUT2D eigenvalue weighted by Crippen LogP contribution is -2.32. The number of hydrogen-bond donors (Lipinski definition) is 2. The van der Waals surface area contributed by atoms with Crippen molar-refractivity contribution in [2.45, 2.75) is 26.7 Å². The van der Waals surface area contributed by atoms with Crippen molar-refractivity contribution in [2.24, 2.45) is 11.8 Å². The molecule has 2 atom stereocenters. The average molecular weight is 388 g/mol. The average Bonchev–Trinajstić information content (AvgIpc) is 3.22. The molecule has 1 aliphatic heterocycles. The van der Waals surface area contributed by atoms with Crippen LogP contribution in [0.2, 0.25) is 0 Å². The molecule has 1 aromatic heterocycles. The second-order valence-electron chi connectivity index (χ2n) is 7.15. The third-order valence-corrected chi connectivity index (χ3v) is 5.67. The molecule has 0 bridgehead atoms. The summed E-state index contributed by atoms with van der Waals surface area (Å²) >= 11 is 1.40. The summed E-state index contributed by atoms with van der Waals surface area (Å²) in [5.41, 5.74) is 3.19. The van der Waals surface area contributed by atoms with Crippen LogP contribution in [0.3, 0.4) is 0 Å². The van der Waals surface area contributed by atoms with Crippen LogP contribution in [0.25, 0.3) is 11.3 Å². The maximum absolute atomic E-state index is 12.3. The van der Waals surface area contributed by atoms with E-state index >= 15 is 0 Å². The van der Waals surface area contributed by atoms with Gasteiger partial charge in [-0.3, -0.25) is 14.5 Å². The monoisotopic (exact) mass is 387 g/mol. The fourth-order valence-electron chi connectivity index (χ4n) is 3.47. The number of thiazole rings is 1. The molecule has 0 saturated carbocycles. The first-order chi connectivity index (χ1) is 13.0. The van der Waals surface area contributed by atoms with Crippen molar-refractivity contribution in [3.63, 3.8) is 0 Å². The highest BCUT2D eigenvalue weighted by atomic mass is 32.1. The summed E-state index contributed by atoms with van der Waals surface area (Å²) in [6.07, 6.45) is 2.19. The van der Waals surface area contributed by atoms with Gasteiger partial charge in [0, 0.05) is 24.0 Å². The number of nitrogens with one attached hydrogen (secondary N) is 1. The Morgan fingerprint density at radius 3 is 2.67 bits per heavy atom. The van der Waals surface area contributed by atoms with Gasteiger partial charge >= 0.3 is 5.97 Å². The van der Waals surface area contributed by atoms with Gasteiger partial charge in [-0.25, -0.2) is 4.98 Å². The van der Waals surface area contributed by atoms with Crippen molar-refractivity contribution in [2.75, 3.05) is 25.0 Å². The summed E-state index contributed by atoms with van der Waals surface area (Å²) in [6, 6.07) is 8.35. The molecule has 1 fully saturated rings. The Hall–Kier alpha value is -2.25. The zero-order valence-corrected chi connectivity index (χ0v) is 16.5. The van der Waals surface area contributed by atoms with E-state index in [0.717, 1.165) is 24.1 Å². The predicted octanol–water partition coefficient (Wildman–Crippen LogP) is 3.35. The SMILES string of the molecule is CCCc1ccc(-c2csc(NC(=O)CN3C[C@@H](C)[C@H](C(=O)O)C3)n2)cc1. The molecule has 0 radical (unpaired) electrons. The smallest absolute Gasteiger partial charge is 0.308 e.